The van der Waals surface area contributed by atoms with Crippen LogP contribution in [0.15, 0.2) is 18.7 Å². The minimum Gasteiger partial charge on any atom is -0.338 e. The Morgan fingerprint density at radius 3 is 3.00 bits per heavy atom. The topological polar surface area (TPSA) is 59.0 Å². The van der Waals surface area contributed by atoms with Crippen molar-refractivity contribution in [2.75, 3.05) is 6.54 Å². The van der Waals surface area contributed by atoms with Crippen molar-refractivity contribution in [3.05, 3.63) is 18.7 Å². The number of nitrogens with zero attached hydrogens (tertiary/aromatic N) is 2. The fourth-order valence-corrected chi connectivity index (χ4v) is 1.27. The van der Waals surface area contributed by atoms with E-state index in [1.807, 2.05) is 24.6 Å². The van der Waals surface area contributed by atoms with Gasteiger partial charge in [-0.05, 0) is 13.3 Å². The lowest BCUT2D eigenvalue weighted by molar-refractivity contribution is 0.236. The van der Waals surface area contributed by atoms with E-state index in [-0.39, 0.29) is 12.1 Å². The third-order valence-corrected chi connectivity index (χ3v) is 1.96. The summed E-state index contributed by atoms with van der Waals surface area (Å²) in [5.74, 6) is 0. The van der Waals surface area contributed by atoms with Crippen LogP contribution in [0.2, 0.25) is 0 Å². The van der Waals surface area contributed by atoms with E-state index in [9.17, 15) is 4.79 Å². The lowest BCUT2D eigenvalue weighted by atomic mass is 10.3. The second-order valence-corrected chi connectivity index (χ2v) is 3.56. The molecule has 2 N–H and O–H groups in total. The molecule has 1 heterocycles. The molecule has 0 aliphatic rings. The lowest BCUT2D eigenvalue weighted by Crippen LogP contribution is -2.42. The number of nitrogens with one attached hydrogen (secondary N) is 2. The molecule has 0 bridgehead atoms. The number of imidazole rings is 1. The first-order valence-corrected chi connectivity index (χ1v) is 5.22. The summed E-state index contributed by atoms with van der Waals surface area (Å²) in [7, 11) is 0. The first-order chi connectivity index (χ1) is 7.22. The van der Waals surface area contributed by atoms with Gasteiger partial charge >= 0.3 is 6.03 Å². The highest BCUT2D eigenvalue weighted by atomic mass is 16.2. The number of aromatic nitrogens is 2. The van der Waals surface area contributed by atoms with E-state index >= 15 is 0 Å². The Labute approximate surface area is 89.9 Å². The highest BCUT2D eigenvalue weighted by Gasteiger charge is 2.06. The van der Waals surface area contributed by atoms with Crippen LogP contribution in [0.25, 0.3) is 0 Å². The minimum absolute atomic E-state index is 0.0936. The van der Waals surface area contributed by atoms with Crippen LogP contribution < -0.4 is 10.6 Å². The fourth-order valence-electron chi connectivity index (χ4n) is 1.27. The van der Waals surface area contributed by atoms with Gasteiger partial charge in [0.05, 0.1) is 6.33 Å². The Hall–Kier alpha value is -1.52. The SMILES string of the molecule is CCCNC(=O)NC(C)Cn1ccnc1. The van der Waals surface area contributed by atoms with Gasteiger partial charge in [0.25, 0.3) is 0 Å². The van der Waals surface area contributed by atoms with E-state index in [1.165, 1.54) is 0 Å². The predicted octanol–water partition coefficient (Wildman–Crippen LogP) is 0.981. The van der Waals surface area contributed by atoms with Gasteiger partial charge in [-0.2, -0.15) is 0 Å². The highest BCUT2D eigenvalue weighted by Crippen LogP contribution is 1.91. The van der Waals surface area contributed by atoms with Crippen LogP contribution in [0.4, 0.5) is 4.79 Å². The van der Waals surface area contributed by atoms with Crippen LogP contribution in [-0.4, -0.2) is 28.2 Å². The second kappa shape index (κ2) is 6.06. The summed E-state index contributed by atoms with van der Waals surface area (Å²) in [5, 5.41) is 5.62. The Bertz CT molecular complexity index is 284. The number of rotatable bonds is 5. The molecule has 1 aromatic rings. The van der Waals surface area contributed by atoms with E-state index < -0.39 is 0 Å². The monoisotopic (exact) mass is 210 g/mol. The van der Waals surface area contributed by atoms with Crippen molar-refractivity contribution < 1.29 is 4.79 Å². The molecule has 0 fully saturated rings. The van der Waals surface area contributed by atoms with Gasteiger partial charge in [-0.25, -0.2) is 9.78 Å². The summed E-state index contributed by atoms with van der Waals surface area (Å²) in [6, 6.07) is -0.0134. The zero-order chi connectivity index (χ0) is 11.1. The van der Waals surface area contributed by atoms with Gasteiger partial charge in [-0.15, -0.1) is 0 Å². The minimum atomic E-state index is -0.107. The first kappa shape index (κ1) is 11.6. The van der Waals surface area contributed by atoms with Gasteiger partial charge in [-0.1, -0.05) is 6.92 Å². The average molecular weight is 210 g/mol. The molecule has 2 amide bonds. The van der Waals surface area contributed by atoms with E-state index in [0.29, 0.717) is 6.54 Å². The van der Waals surface area contributed by atoms with E-state index in [0.717, 1.165) is 13.0 Å². The Balaban J connectivity index is 2.23. The van der Waals surface area contributed by atoms with Crippen molar-refractivity contribution in [2.45, 2.75) is 32.9 Å². The van der Waals surface area contributed by atoms with Crippen molar-refractivity contribution in [3.8, 4) is 0 Å². The summed E-state index contributed by atoms with van der Waals surface area (Å²) in [6.07, 6.45) is 6.29. The van der Waals surface area contributed by atoms with E-state index in [2.05, 4.69) is 15.6 Å². The number of urea groups is 1. The molecule has 1 atom stereocenters. The standard InChI is InChI=1S/C10H18N4O/c1-3-4-12-10(15)13-9(2)7-14-6-5-11-8-14/h5-6,8-9H,3-4,7H2,1-2H3,(H2,12,13,15). The third kappa shape index (κ3) is 4.49. The Kier molecular flexibility index (Phi) is 4.66. The highest BCUT2D eigenvalue weighted by molar-refractivity contribution is 5.74. The molecule has 0 aliphatic carbocycles. The number of carbonyl (C=O) groups excluding carboxylic acids is 1. The van der Waals surface area contributed by atoms with Crippen LogP contribution in [-0.2, 0) is 6.54 Å². The van der Waals surface area contributed by atoms with Gasteiger partial charge in [0.1, 0.15) is 0 Å². The number of hydrogen-bond donors (Lipinski definition) is 2. The van der Waals surface area contributed by atoms with E-state index in [4.69, 9.17) is 0 Å². The fraction of sp³-hybridized carbons (Fsp3) is 0.600. The van der Waals surface area contributed by atoms with Gasteiger partial charge in [0, 0.05) is 31.5 Å². The number of amides is 2. The molecule has 1 aromatic heterocycles. The molecule has 15 heavy (non-hydrogen) atoms. The maximum absolute atomic E-state index is 11.3. The zero-order valence-corrected chi connectivity index (χ0v) is 9.23. The normalized spacial score (nSPS) is 12.1. The third-order valence-electron chi connectivity index (χ3n) is 1.96. The molecule has 5 nitrogen and oxygen atoms in total. The molecule has 0 radical (unpaired) electrons. The van der Waals surface area contributed by atoms with Gasteiger partial charge < -0.3 is 15.2 Å². The van der Waals surface area contributed by atoms with Crippen molar-refractivity contribution in [1.29, 1.82) is 0 Å². The molecule has 0 spiro atoms. The molecule has 0 aromatic carbocycles. The van der Waals surface area contributed by atoms with Crippen molar-refractivity contribution in [3.63, 3.8) is 0 Å². The second-order valence-electron chi connectivity index (χ2n) is 3.56. The Morgan fingerprint density at radius 2 is 2.40 bits per heavy atom. The summed E-state index contributed by atoms with van der Waals surface area (Å²) in [4.78, 5) is 15.2. The molecule has 84 valence electrons. The van der Waals surface area contributed by atoms with Crippen LogP contribution >= 0.6 is 0 Å². The molecular formula is C10H18N4O. The van der Waals surface area contributed by atoms with Crippen LogP contribution in [0.5, 0.6) is 0 Å². The summed E-state index contributed by atoms with van der Waals surface area (Å²) < 4.78 is 1.94. The zero-order valence-electron chi connectivity index (χ0n) is 9.23. The molecule has 0 saturated carbocycles. The molecule has 1 unspecified atom stereocenters. The van der Waals surface area contributed by atoms with Gasteiger partial charge in [0.2, 0.25) is 0 Å². The number of carbonyl (C=O) groups is 1. The first-order valence-electron chi connectivity index (χ1n) is 5.22. The lowest BCUT2D eigenvalue weighted by Gasteiger charge is -2.14. The van der Waals surface area contributed by atoms with Crippen LogP contribution in [0, 0.1) is 0 Å². The van der Waals surface area contributed by atoms with Gasteiger partial charge in [-0.3, -0.25) is 0 Å². The van der Waals surface area contributed by atoms with Crippen LogP contribution in [0.1, 0.15) is 20.3 Å². The summed E-state index contributed by atoms with van der Waals surface area (Å²) in [6.45, 7) is 5.43. The average Bonchev–Trinajstić information content (AvgIpc) is 2.67. The molecule has 1 rings (SSSR count). The van der Waals surface area contributed by atoms with Crippen molar-refractivity contribution in [2.24, 2.45) is 0 Å². The Morgan fingerprint density at radius 1 is 1.60 bits per heavy atom. The quantitative estimate of drug-likeness (QED) is 0.761. The molecule has 0 saturated heterocycles. The smallest absolute Gasteiger partial charge is 0.315 e. The number of hydrogen-bond acceptors (Lipinski definition) is 2. The molecular weight excluding hydrogens is 192 g/mol. The van der Waals surface area contributed by atoms with E-state index in [1.54, 1.807) is 12.5 Å². The van der Waals surface area contributed by atoms with Crippen molar-refractivity contribution >= 4 is 6.03 Å². The molecule has 5 heteroatoms. The summed E-state index contributed by atoms with van der Waals surface area (Å²) in [5.41, 5.74) is 0. The van der Waals surface area contributed by atoms with Crippen LogP contribution in [0.3, 0.4) is 0 Å². The molecule has 0 aliphatic heterocycles. The van der Waals surface area contributed by atoms with Crippen molar-refractivity contribution in [1.82, 2.24) is 20.2 Å². The summed E-state index contributed by atoms with van der Waals surface area (Å²) >= 11 is 0. The maximum Gasteiger partial charge on any atom is 0.315 e. The predicted molar refractivity (Wildman–Crippen MR) is 58.5 cm³/mol. The van der Waals surface area contributed by atoms with Gasteiger partial charge in [0.15, 0.2) is 0 Å². The maximum atomic E-state index is 11.3. The largest absolute Gasteiger partial charge is 0.338 e.